The van der Waals surface area contributed by atoms with E-state index in [0.717, 1.165) is 37.8 Å². The molecule has 2 fully saturated rings. The van der Waals surface area contributed by atoms with Crippen molar-refractivity contribution < 1.29 is 4.74 Å². The fourth-order valence-electron chi connectivity index (χ4n) is 3.95. The van der Waals surface area contributed by atoms with Crippen molar-refractivity contribution >= 4 is 5.69 Å². The molecule has 0 amide bonds. The van der Waals surface area contributed by atoms with E-state index in [2.05, 4.69) is 34.7 Å². The second-order valence-corrected chi connectivity index (χ2v) is 7.25. The number of ether oxygens (including phenoxy) is 1. The first kappa shape index (κ1) is 17.2. The van der Waals surface area contributed by atoms with Gasteiger partial charge in [-0.05, 0) is 57.7 Å². The summed E-state index contributed by atoms with van der Waals surface area (Å²) in [6, 6.07) is 5.90. The second kappa shape index (κ2) is 7.96. The second-order valence-electron chi connectivity index (χ2n) is 7.25. The molecule has 2 aliphatic heterocycles. The molecule has 0 aliphatic carbocycles. The SMILES string of the molecule is CC1CN(CCC2CCN(c3ccc(C#N)nc3)CC2)CC(C)O1. The third-order valence-electron chi connectivity index (χ3n) is 5.19. The Kier molecular flexibility index (Phi) is 5.70. The van der Waals surface area contributed by atoms with Crippen molar-refractivity contribution in [2.24, 2.45) is 5.92 Å². The Balaban J connectivity index is 1.42. The highest BCUT2D eigenvalue weighted by Gasteiger charge is 2.24. The van der Waals surface area contributed by atoms with Crippen LogP contribution in [0.5, 0.6) is 0 Å². The van der Waals surface area contributed by atoms with Gasteiger partial charge in [0, 0.05) is 26.2 Å². The molecule has 0 spiro atoms. The predicted octanol–water partition coefficient (Wildman–Crippen LogP) is 2.67. The zero-order valence-corrected chi connectivity index (χ0v) is 14.8. The van der Waals surface area contributed by atoms with Crippen LogP contribution in [-0.4, -0.2) is 54.8 Å². The topological polar surface area (TPSA) is 52.4 Å². The van der Waals surface area contributed by atoms with Gasteiger partial charge in [0.05, 0.1) is 24.1 Å². The fraction of sp³-hybridized carbons (Fsp3) is 0.684. The summed E-state index contributed by atoms with van der Waals surface area (Å²) in [6.45, 7) is 9.86. The average molecular weight is 328 g/mol. The highest BCUT2D eigenvalue weighted by molar-refractivity contribution is 5.46. The number of rotatable bonds is 4. The van der Waals surface area contributed by atoms with Crippen molar-refractivity contribution in [3.8, 4) is 6.07 Å². The van der Waals surface area contributed by atoms with Gasteiger partial charge in [0.25, 0.3) is 0 Å². The van der Waals surface area contributed by atoms with Crippen molar-refractivity contribution in [2.75, 3.05) is 37.6 Å². The molecule has 2 aliphatic rings. The molecule has 5 heteroatoms. The van der Waals surface area contributed by atoms with Crippen LogP contribution in [0.1, 0.15) is 38.8 Å². The molecule has 3 heterocycles. The molecule has 5 nitrogen and oxygen atoms in total. The summed E-state index contributed by atoms with van der Waals surface area (Å²) in [4.78, 5) is 9.14. The minimum absolute atomic E-state index is 0.361. The lowest BCUT2D eigenvalue weighted by Crippen LogP contribution is -2.46. The Morgan fingerprint density at radius 2 is 1.92 bits per heavy atom. The third kappa shape index (κ3) is 4.46. The first-order valence-corrected chi connectivity index (χ1v) is 9.13. The summed E-state index contributed by atoms with van der Waals surface area (Å²) in [5, 5.41) is 8.83. The minimum atomic E-state index is 0.361. The number of morpholine rings is 1. The maximum absolute atomic E-state index is 8.83. The molecule has 0 bridgehead atoms. The Labute approximate surface area is 145 Å². The quantitative estimate of drug-likeness (QED) is 0.850. The zero-order chi connectivity index (χ0) is 16.9. The van der Waals surface area contributed by atoms with Crippen LogP contribution in [0, 0.1) is 17.2 Å². The predicted molar refractivity (Wildman–Crippen MR) is 95.0 cm³/mol. The lowest BCUT2D eigenvalue weighted by molar-refractivity contribution is -0.0690. The van der Waals surface area contributed by atoms with Gasteiger partial charge in [-0.15, -0.1) is 0 Å². The van der Waals surface area contributed by atoms with E-state index in [4.69, 9.17) is 10.00 Å². The van der Waals surface area contributed by atoms with Crippen LogP contribution in [0.15, 0.2) is 18.3 Å². The summed E-state index contributed by atoms with van der Waals surface area (Å²) in [7, 11) is 0. The van der Waals surface area contributed by atoms with E-state index in [-0.39, 0.29) is 0 Å². The summed E-state index contributed by atoms with van der Waals surface area (Å²) in [6.07, 6.45) is 6.33. The van der Waals surface area contributed by atoms with Gasteiger partial charge < -0.3 is 9.64 Å². The summed E-state index contributed by atoms with van der Waals surface area (Å²) in [5.74, 6) is 0.820. The molecule has 0 aromatic carbocycles. The van der Waals surface area contributed by atoms with Crippen LogP contribution in [0.2, 0.25) is 0 Å². The molecule has 2 unspecified atom stereocenters. The van der Waals surface area contributed by atoms with Crippen LogP contribution < -0.4 is 4.90 Å². The van der Waals surface area contributed by atoms with Crippen molar-refractivity contribution in [3.05, 3.63) is 24.0 Å². The molecule has 2 atom stereocenters. The van der Waals surface area contributed by atoms with E-state index in [9.17, 15) is 0 Å². The van der Waals surface area contributed by atoms with Gasteiger partial charge in [-0.3, -0.25) is 4.90 Å². The largest absolute Gasteiger partial charge is 0.373 e. The Morgan fingerprint density at radius 1 is 1.21 bits per heavy atom. The van der Waals surface area contributed by atoms with Crippen LogP contribution in [0.3, 0.4) is 0 Å². The number of nitriles is 1. The number of nitrogens with zero attached hydrogens (tertiary/aromatic N) is 4. The Bertz CT molecular complexity index is 550. The van der Waals surface area contributed by atoms with Crippen LogP contribution in [0.25, 0.3) is 0 Å². The molecule has 0 radical (unpaired) electrons. The molecule has 0 saturated carbocycles. The van der Waals surface area contributed by atoms with Gasteiger partial charge in [-0.2, -0.15) is 5.26 Å². The van der Waals surface area contributed by atoms with Gasteiger partial charge in [0.1, 0.15) is 11.8 Å². The number of piperidine rings is 1. The summed E-state index contributed by atoms with van der Waals surface area (Å²) >= 11 is 0. The standard InChI is InChI=1S/C19H28N4O/c1-15-13-22(14-16(2)24-15)8-5-17-6-9-23(10-7-17)19-4-3-18(11-20)21-12-19/h3-4,12,15-17H,5-10,13-14H2,1-2H3. The maximum atomic E-state index is 8.83. The Morgan fingerprint density at radius 3 is 2.50 bits per heavy atom. The number of pyridine rings is 1. The van der Waals surface area contributed by atoms with Gasteiger partial charge >= 0.3 is 0 Å². The van der Waals surface area contributed by atoms with Gasteiger partial charge in [0.2, 0.25) is 0 Å². The minimum Gasteiger partial charge on any atom is -0.373 e. The van der Waals surface area contributed by atoms with E-state index < -0.39 is 0 Å². The number of aromatic nitrogens is 1. The van der Waals surface area contributed by atoms with Crippen molar-refractivity contribution in [1.29, 1.82) is 5.26 Å². The molecule has 2 saturated heterocycles. The number of hydrogen-bond donors (Lipinski definition) is 0. The molecule has 24 heavy (non-hydrogen) atoms. The van der Waals surface area contributed by atoms with Crippen LogP contribution in [-0.2, 0) is 4.74 Å². The van der Waals surface area contributed by atoms with E-state index in [0.29, 0.717) is 17.9 Å². The lowest BCUT2D eigenvalue weighted by Gasteiger charge is -2.37. The zero-order valence-electron chi connectivity index (χ0n) is 14.8. The van der Waals surface area contributed by atoms with Crippen molar-refractivity contribution in [2.45, 2.75) is 45.3 Å². The first-order chi connectivity index (χ1) is 11.6. The fourth-order valence-corrected chi connectivity index (χ4v) is 3.95. The summed E-state index contributed by atoms with van der Waals surface area (Å²) in [5.41, 5.74) is 1.63. The maximum Gasteiger partial charge on any atom is 0.140 e. The summed E-state index contributed by atoms with van der Waals surface area (Å²) < 4.78 is 5.81. The highest BCUT2D eigenvalue weighted by atomic mass is 16.5. The Hall–Kier alpha value is -1.64. The number of anilines is 1. The highest BCUT2D eigenvalue weighted by Crippen LogP contribution is 2.25. The molecule has 130 valence electrons. The third-order valence-corrected chi connectivity index (χ3v) is 5.19. The molecule has 0 N–H and O–H groups in total. The van der Waals surface area contributed by atoms with E-state index in [1.807, 2.05) is 18.3 Å². The van der Waals surface area contributed by atoms with Gasteiger partial charge in [0.15, 0.2) is 0 Å². The van der Waals surface area contributed by atoms with Crippen LogP contribution in [0.4, 0.5) is 5.69 Å². The van der Waals surface area contributed by atoms with Gasteiger partial charge in [-0.1, -0.05) is 0 Å². The molecule has 3 rings (SSSR count). The molecular formula is C19H28N4O. The molecule has 1 aromatic rings. The lowest BCUT2D eigenvalue weighted by atomic mass is 9.93. The first-order valence-electron chi connectivity index (χ1n) is 9.13. The van der Waals surface area contributed by atoms with E-state index in [1.165, 1.54) is 25.8 Å². The molecular weight excluding hydrogens is 300 g/mol. The van der Waals surface area contributed by atoms with Crippen molar-refractivity contribution in [3.63, 3.8) is 0 Å². The smallest absolute Gasteiger partial charge is 0.140 e. The monoisotopic (exact) mass is 328 g/mol. The van der Waals surface area contributed by atoms with Gasteiger partial charge in [-0.25, -0.2) is 4.98 Å². The normalized spacial score (nSPS) is 26.3. The van der Waals surface area contributed by atoms with E-state index in [1.54, 1.807) is 0 Å². The van der Waals surface area contributed by atoms with E-state index >= 15 is 0 Å². The molecule has 1 aromatic heterocycles. The number of hydrogen-bond acceptors (Lipinski definition) is 5. The van der Waals surface area contributed by atoms with Crippen molar-refractivity contribution in [1.82, 2.24) is 9.88 Å². The van der Waals surface area contributed by atoms with Crippen LogP contribution >= 0.6 is 0 Å². The average Bonchev–Trinajstić information content (AvgIpc) is 2.60.